The predicted molar refractivity (Wildman–Crippen MR) is 119 cm³/mol. The van der Waals surface area contributed by atoms with Gasteiger partial charge in [-0.2, -0.15) is 0 Å². The van der Waals surface area contributed by atoms with E-state index in [0.717, 1.165) is 0 Å². The molecule has 1 atom stereocenters. The smallest absolute Gasteiger partial charge is 0.269 e. The quantitative estimate of drug-likeness (QED) is 0.641. The number of hydrazine groups is 1. The predicted octanol–water partition coefficient (Wildman–Crippen LogP) is 3.17. The van der Waals surface area contributed by atoms with E-state index in [4.69, 9.17) is 35.4 Å². The van der Waals surface area contributed by atoms with Gasteiger partial charge in [0.1, 0.15) is 6.04 Å². The Balaban J connectivity index is 1.89. The largest absolute Gasteiger partial charge is 0.356 e. The summed E-state index contributed by atoms with van der Waals surface area (Å²) in [6.07, 6.45) is -0.169. The number of carbonyl (C=O) groups excluding carboxylic acids is 3. The van der Waals surface area contributed by atoms with Crippen LogP contribution in [0, 0.1) is 0 Å². The molecule has 0 aliphatic carbocycles. The minimum absolute atomic E-state index is 0.0546. The fourth-order valence-electron chi connectivity index (χ4n) is 2.95. The van der Waals surface area contributed by atoms with Crippen LogP contribution in [0.5, 0.6) is 0 Å². The van der Waals surface area contributed by atoms with Gasteiger partial charge in [-0.05, 0) is 67.7 Å². The van der Waals surface area contributed by atoms with Gasteiger partial charge in [-0.1, -0.05) is 23.2 Å². The first-order valence-electron chi connectivity index (χ1n) is 9.07. The third kappa shape index (κ3) is 4.72. The molecular weight excluding hydrogens is 447 g/mol. The molecule has 1 saturated heterocycles. The molecule has 1 heterocycles. The fourth-order valence-corrected chi connectivity index (χ4v) is 3.57. The van der Waals surface area contributed by atoms with Crippen LogP contribution in [-0.2, 0) is 9.59 Å². The van der Waals surface area contributed by atoms with Gasteiger partial charge in [-0.25, -0.2) is 5.01 Å². The monoisotopic (exact) mass is 464 g/mol. The average molecular weight is 465 g/mol. The SMILES string of the molecule is CCNC(=O)CC1C(=O)N(c2ccc(Cl)cc2)C(=S)N1NC(=O)c1ccc(Cl)cc1. The highest BCUT2D eigenvalue weighted by Gasteiger charge is 2.45. The van der Waals surface area contributed by atoms with Crippen LogP contribution < -0.4 is 15.6 Å². The maximum Gasteiger partial charge on any atom is 0.269 e. The molecule has 7 nitrogen and oxygen atoms in total. The van der Waals surface area contributed by atoms with E-state index in [1.165, 1.54) is 9.91 Å². The van der Waals surface area contributed by atoms with Gasteiger partial charge in [0.25, 0.3) is 11.8 Å². The number of benzene rings is 2. The molecule has 0 radical (unpaired) electrons. The summed E-state index contributed by atoms with van der Waals surface area (Å²) in [6, 6.07) is 11.8. The zero-order valence-corrected chi connectivity index (χ0v) is 18.2. The topological polar surface area (TPSA) is 81.8 Å². The summed E-state index contributed by atoms with van der Waals surface area (Å²) in [5, 5.41) is 4.95. The van der Waals surface area contributed by atoms with E-state index in [2.05, 4.69) is 10.7 Å². The van der Waals surface area contributed by atoms with Gasteiger partial charge < -0.3 is 5.32 Å². The Bertz CT molecular complexity index is 983. The summed E-state index contributed by atoms with van der Waals surface area (Å²) in [7, 11) is 0. The third-order valence-corrected chi connectivity index (χ3v) is 5.26. The first kappa shape index (κ1) is 22.0. The molecule has 2 aromatic rings. The molecule has 0 bridgehead atoms. The van der Waals surface area contributed by atoms with Crippen molar-refractivity contribution in [1.82, 2.24) is 15.8 Å². The zero-order valence-electron chi connectivity index (χ0n) is 15.9. The van der Waals surface area contributed by atoms with Crippen LogP contribution in [0.2, 0.25) is 10.0 Å². The Morgan fingerprint density at radius 1 is 1.03 bits per heavy atom. The van der Waals surface area contributed by atoms with Crippen molar-refractivity contribution < 1.29 is 14.4 Å². The summed E-state index contributed by atoms with van der Waals surface area (Å²) in [5.41, 5.74) is 3.46. The normalized spacial score (nSPS) is 16.0. The van der Waals surface area contributed by atoms with Gasteiger partial charge in [0.2, 0.25) is 11.0 Å². The number of anilines is 1. The summed E-state index contributed by atoms with van der Waals surface area (Å²) >= 11 is 17.3. The lowest BCUT2D eigenvalue weighted by Gasteiger charge is -2.24. The Morgan fingerprint density at radius 3 is 2.17 bits per heavy atom. The second-order valence-corrected chi connectivity index (χ2v) is 7.66. The first-order chi connectivity index (χ1) is 14.3. The van der Waals surface area contributed by atoms with Crippen LogP contribution >= 0.6 is 35.4 Å². The molecule has 1 aliphatic rings. The van der Waals surface area contributed by atoms with E-state index in [0.29, 0.717) is 27.8 Å². The molecule has 30 heavy (non-hydrogen) atoms. The number of nitrogens with one attached hydrogen (secondary N) is 2. The fraction of sp³-hybridized carbons (Fsp3) is 0.200. The number of thiocarbonyl (C=S) groups is 1. The second kappa shape index (κ2) is 9.42. The van der Waals surface area contributed by atoms with Gasteiger partial charge in [-0.15, -0.1) is 0 Å². The molecule has 1 unspecified atom stereocenters. The van der Waals surface area contributed by atoms with E-state index < -0.39 is 17.9 Å². The molecule has 0 spiro atoms. The van der Waals surface area contributed by atoms with Crippen LogP contribution in [0.4, 0.5) is 5.69 Å². The summed E-state index contributed by atoms with van der Waals surface area (Å²) in [6.45, 7) is 2.20. The molecule has 1 aliphatic heterocycles. The van der Waals surface area contributed by atoms with Gasteiger partial charge >= 0.3 is 0 Å². The van der Waals surface area contributed by atoms with Crippen molar-refractivity contribution in [3.05, 3.63) is 64.1 Å². The molecule has 3 amide bonds. The van der Waals surface area contributed by atoms with E-state index in [-0.39, 0.29) is 17.4 Å². The number of nitrogens with zero attached hydrogens (tertiary/aromatic N) is 2. The van der Waals surface area contributed by atoms with E-state index >= 15 is 0 Å². The van der Waals surface area contributed by atoms with Gasteiger partial charge in [0, 0.05) is 22.2 Å². The van der Waals surface area contributed by atoms with Crippen LogP contribution in [0.1, 0.15) is 23.7 Å². The highest BCUT2D eigenvalue weighted by atomic mass is 35.5. The van der Waals surface area contributed by atoms with Crippen molar-refractivity contribution in [2.75, 3.05) is 11.4 Å². The zero-order chi connectivity index (χ0) is 21.8. The molecular formula is C20H18Cl2N4O3S. The number of halogens is 2. The number of hydrogen-bond donors (Lipinski definition) is 2. The number of carbonyl (C=O) groups is 3. The third-order valence-electron chi connectivity index (χ3n) is 4.38. The summed E-state index contributed by atoms with van der Waals surface area (Å²) in [4.78, 5) is 39.3. The van der Waals surface area contributed by atoms with Crippen molar-refractivity contribution in [1.29, 1.82) is 0 Å². The molecule has 2 aromatic carbocycles. The van der Waals surface area contributed by atoms with Crippen molar-refractivity contribution >= 4 is 63.9 Å². The summed E-state index contributed by atoms with van der Waals surface area (Å²) in [5.74, 6) is -1.24. The van der Waals surface area contributed by atoms with E-state index in [9.17, 15) is 14.4 Å². The van der Waals surface area contributed by atoms with Gasteiger partial charge in [0.05, 0.1) is 12.1 Å². The maximum atomic E-state index is 13.1. The summed E-state index contributed by atoms with van der Waals surface area (Å²) < 4.78 is 0. The van der Waals surface area contributed by atoms with Crippen molar-refractivity contribution in [3.8, 4) is 0 Å². The Morgan fingerprint density at radius 2 is 1.60 bits per heavy atom. The minimum atomic E-state index is -0.990. The van der Waals surface area contributed by atoms with Crippen molar-refractivity contribution in [2.45, 2.75) is 19.4 Å². The lowest BCUT2D eigenvalue weighted by molar-refractivity contribution is -0.127. The standard InChI is InChI=1S/C20H18Cl2N4O3S/c1-2-23-17(27)11-16-19(29)25(15-9-7-14(22)8-10-15)20(30)26(16)24-18(28)12-3-5-13(21)6-4-12/h3-10,16H,2,11H2,1H3,(H,23,27)(H,24,28). The van der Waals surface area contributed by atoms with Gasteiger partial charge in [-0.3, -0.25) is 24.7 Å². The van der Waals surface area contributed by atoms with Crippen LogP contribution in [0.3, 0.4) is 0 Å². The molecule has 156 valence electrons. The number of rotatable bonds is 6. The van der Waals surface area contributed by atoms with Crippen molar-refractivity contribution in [2.24, 2.45) is 0 Å². The highest BCUT2D eigenvalue weighted by Crippen LogP contribution is 2.27. The van der Waals surface area contributed by atoms with E-state index in [1.807, 2.05) is 0 Å². The lowest BCUT2D eigenvalue weighted by Crippen LogP contribution is -2.50. The van der Waals surface area contributed by atoms with Crippen LogP contribution in [0.25, 0.3) is 0 Å². The molecule has 10 heteroatoms. The highest BCUT2D eigenvalue weighted by molar-refractivity contribution is 7.80. The number of hydrogen-bond acceptors (Lipinski definition) is 4. The average Bonchev–Trinajstić information content (AvgIpc) is 2.93. The van der Waals surface area contributed by atoms with Crippen LogP contribution in [-0.4, -0.2) is 40.4 Å². The molecule has 0 saturated carbocycles. The van der Waals surface area contributed by atoms with Crippen LogP contribution in [0.15, 0.2) is 48.5 Å². The Hall–Kier alpha value is -2.68. The minimum Gasteiger partial charge on any atom is -0.356 e. The van der Waals surface area contributed by atoms with Gasteiger partial charge in [0.15, 0.2) is 0 Å². The Kier molecular flexibility index (Phi) is 6.91. The molecule has 2 N–H and O–H groups in total. The molecule has 1 fully saturated rings. The lowest BCUT2D eigenvalue weighted by atomic mass is 10.1. The molecule has 3 rings (SSSR count). The Labute approximate surface area is 188 Å². The first-order valence-corrected chi connectivity index (χ1v) is 10.2. The maximum absolute atomic E-state index is 13.1. The number of amides is 3. The second-order valence-electron chi connectivity index (χ2n) is 6.42. The van der Waals surface area contributed by atoms with Crippen molar-refractivity contribution in [3.63, 3.8) is 0 Å². The van der Waals surface area contributed by atoms with E-state index in [1.54, 1.807) is 55.5 Å². The molecule has 0 aromatic heterocycles.